The summed E-state index contributed by atoms with van der Waals surface area (Å²) in [7, 11) is 1.71. The highest BCUT2D eigenvalue weighted by molar-refractivity contribution is 5.93. The molecule has 2 aliphatic rings. The molecule has 3 unspecified atom stereocenters. The summed E-state index contributed by atoms with van der Waals surface area (Å²) < 4.78 is 28.4. The molecule has 0 aromatic carbocycles. The summed E-state index contributed by atoms with van der Waals surface area (Å²) in [5.41, 5.74) is 6.60. The molecular formula is C20H27F2N7O. The van der Waals surface area contributed by atoms with Crippen molar-refractivity contribution in [3.63, 3.8) is 0 Å². The van der Waals surface area contributed by atoms with Crippen LogP contribution in [0, 0.1) is 0 Å². The van der Waals surface area contributed by atoms with Gasteiger partial charge in [0.25, 0.3) is 5.91 Å². The Hall–Kier alpha value is -3.01. The van der Waals surface area contributed by atoms with Gasteiger partial charge in [-0.05, 0) is 26.5 Å². The minimum Gasteiger partial charge on any atom is -0.401 e. The first kappa shape index (κ1) is 21.7. The van der Waals surface area contributed by atoms with Crippen molar-refractivity contribution in [3.05, 3.63) is 53.8 Å². The quantitative estimate of drug-likeness (QED) is 0.644. The molecule has 3 rings (SSSR count). The van der Waals surface area contributed by atoms with Crippen LogP contribution in [0.2, 0.25) is 0 Å². The molecule has 1 amide bonds. The molecule has 0 saturated carbocycles. The highest BCUT2D eigenvalue weighted by Gasteiger charge is 2.32. The van der Waals surface area contributed by atoms with Crippen LogP contribution in [-0.4, -0.2) is 59.2 Å². The van der Waals surface area contributed by atoms with Crippen molar-refractivity contribution in [2.75, 3.05) is 25.0 Å². The monoisotopic (exact) mass is 419 g/mol. The largest absolute Gasteiger partial charge is 0.401 e. The number of nitrogens with two attached hydrogens (primary N) is 1. The topological polar surface area (TPSA) is 99.4 Å². The van der Waals surface area contributed by atoms with Crippen LogP contribution < -0.4 is 21.3 Å². The average Bonchev–Trinajstić information content (AvgIpc) is 3.08. The van der Waals surface area contributed by atoms with Gasteiger partial charge < -0.3 is 26.2 Å². The van der Waals surface area contributed by atoms with Gasteiger partial charge in [-0.15, -0.1) is 0 Å². The number of hydrogen-bond donors (Lipinski definition) is 3. The fourth-order valence-corrected chi connectivity index (χ4v) is 3.53. The van der Waals surface area contributed by atoms with Gasteiger partial charge in [0.1, 0.15) is 23.5 Å². The molecule has 1 saturated heterocycles. The SMILES string of the molecule is CCC1C(F)=CC(NC(=O)c2cnc(N3CC(F)C(NC)C3)cn2)=CN1/C=C(/C)N. The van der Waals surface area contributed by atoms with E-state index in [1.54, 1.807) is 36.2 Å². The lowest BCUT2D eigenvalue weighted by Crippen LogP contribution is -2.34. The van der Waals surface area contributed by atoms with Crippen LogP contribution in [0.5, 0.6) is 0 Å². The predicted octanol–water partition coefficient (Wildman–Crippen LogP) is 1.56. The molecular weight excluding hydrogens is 392 g/mol. The first-order valence-corrected chi connectivity index (χ1v) is 9.82. The molecule has 0 bridgehead atoms. The third kappa shape index (κ3) is 4.76. The third-order valence-corrected chi connectivity index (χ3v) is 5.07. The number of anilines is 1. The highest BCUT2D eigenvalue weighted by Crippen LogP contribution is 2.24. The lowest BCUT2D eigenvalue weighted by atomic mass is 10.1. The van der Waals surface area contributed by atoms with Crippen LogP contribution in [0.3, 0.4) is 0 Å². The van der Waals surface area contributed by atoms with Crippen molar-refractivity contribution < 1.29 is 13.6 Å². The number of carbonyl (C=O) groups excluding carboxylic acids is 1. The smallest absolute Gasteiger partial charge is 0.275 e. The van der Waals surface area contributed by atoms with Crippen molar-refractivity contribution >= 4 is 11.7 Å². The second kappa shape index (κ2) is 9.21. The number of rotatable bonds is 6. The van der Waals surface area contributed by atoms with E-state index in [0.717, 1.165) is 0 Å². The Morgan fingerprint density at radius 2 is 2.13 bits per heavy atom. The maximum atomic E-state index is 14.5. The van der Waals surface area contributed by atoms with E-state index in [1.807, 2.05) is 6.92 Å². The number of hydrogen-bond acceptors (Lipinski definition) is 7. The minimum atomic E-state index is -0.999. The van der Waals surface area contributed by atoms with Gasteiger partial charge in [-0.2, -0.15) is 0 Å². The lowest BCUT2D eigenvalue weighted by molar-refractivity contribution is 0.0960. The first-order valence-electron chi connectivity index (χ1n) is 9.82. The van der Waals surface area contributed by atoms with E-state index in [9.17, 15) is 13.6 Å². The molecule has 1 fully saturated rings. The summed E-state index contributed by atoms with van der Waals surface area (Å²) in [5.74, 6) is -0.399. The number of nitrogens with one attached hydrogen (secondary N) is 2. The summed E-state index contributed by atoms with van der Waals surface area (Å²) >= 11 is 0. The van der Waals surface area contributed by atoms with Gasteiger partial charge in [-0.3, -0.25) is 4.79 Å². The van der Waals surface area contributed by atoms with E-state index in [1.165, 1.54) is 18.5 Å². The number of alkyl halides is 1. The summed E-state index contributed by atoms with van der Waals surface area (Å²) in [6.07, 6.45) is 6.83. The Balaban J connectivity index is 1.70. The lowest BCUT2D eigenvalue weighted by Gasteiger charge is -2.30. The van der Waals surface area contributed by atoms with Crippen LogP contribution >= 0.6 is 0 Å². The van der Waals surface area contributed by atoms with Gasteiger partial charge in [0.05, 0.1) is 36.7 Å². The Morgan fingerprint density at radius 1 is 1.37 bits per heavy atom. The maximum absolute atomic E-state index is 14.5. The average molecular weight is 419 g/mol. The van der Waals surface area contributed by atoms with Crippen molar-refractivity contribution in [1.29, 1.82) is 0 Å². The summed E-state index contributed by atoms with van der Waals surface area (Å²) in [6, 6.07) is -0.736. The van der Waals surface area contributed by atoms with Crippen molar-refractivity contribution in [2.24, 2.45) is 5.73 Å². The van der Waals surface area contributed by atoms with Crippen LogP contribution in [0.4, 0.5) is 14.6 Å². The molecule has 4 N–H and O–H groups in total. The molecule has 3 atom stereocenters. The highest BCUT2D eigenvalue weighted by atomic mass is 19.1. The van der Waals surface area contributed by atoms with E-state index in [-0.39, 0.29) is 29.8 Å². The first-order chi connectivity index (χ1) is 14.3. The zero-order chi connectivity index (χ0) is 21.8. The molecule has 3 heterocycles. The second-order valence-corrected chi connectivity index (χ2v) is 7.39. The minimum absolute atomic E-state index is 0.0735. The standard InChI is InChI=1S/C20H27F2N7O/c1-4-18-14(21)5-13(9-28(18)8-12(2)23)27-20(30)16-6-26-19(7-25-16)29-10-15(22)17(11-29)24-3/h5-9,15,17-18,24H,4,10-11,23H2,1-3H3,(H,27,30)/b12-8-. The molecule has 162 valence electrons. The molecule has 0 radical (unpaired) electrons. The molecule has 10 heteroatoms. The maximum Gasteiger partial charge on any atom is 0.275 e. The Morgan fingerprint density at radius 3 is 2.70 bits per heavy atom. The number of likely N-dealkylation sites (N-methyl/N-ethyl adjacent to an activating group) is 1. The number of allylic oxidation sites excluding steroid dienone is 2. The second-order valence-electron chi connectivity index (χ2n) is 7.39. The molecule has 2 aliphatic heterocycles. The van der Waals surface area contributed by atoms with Crippen LogP contribution in [0.15, 0.2) is 48.1 Å². The number of amides is 1. The van der Waals surface area contributed by atoms with Crippen LogP contribution in [0.1, 0.15) is 30.8 Å². The van der Waals surface area contributed by atoms with Crippen LogP contribution in [0.25, 0.3) is 0 Å². The fraction of sp³-hybridized carbons (Fsp3) is 0.450. The van der Waals surface area contributed by atoms with Gasteiger partial charge in [-0.25, -0.2) is 18.7 Å². The van der Waals surface area contributed by atoms with Crippen molar-refractivity contribution in [1.82, 2.24) is 25.5 Å². The zero-order valence-electron chi connectivity index (χ0n) is 17.3. The third-order valence-electron chi connectivity index (χ3n) is 5.07. The zero-order valence-corrected chi connectivity index (χ0v) is 17.3. The Kier molecular flexibility index (Phi) is 6.66. The Bertz CT molecular complexity index is 864. The van der Waals surface area contributed by atoms with E-state index in [2.05, 4.69) is 20.6 Å². The number of nitrogens with zero attached hydrogens (tertiary/aromatic N) is 4. The van der Waals surface area contributed by atoms with Crippen LogP contribution in [-0.2, 0) is 0 Å². The number of carbonyl (C=O) groups is 1. The molecule has 1 aromatic rings. The summed E-state index contributed by atoms with van der Waals surface area (Å²) in [4.78, 5) is 24.3. The van der Waals surface area contributed by atoms with Crippen molar-refractivity contribution in [2.45, 2.75) is 38.5 Å². The van der Waals surface area contributed by atoms with Gasteiger partial charge in [0.15, 0.2) is 0 Å². The molecule has 8 nitrogen and oxygen atoms in total. The van der Waals surface area contributed by atoms with Gasteiger partial charge in [0, 0.05) is 24.6 Å². The van der Waals surface area contributed by atoms with E-state index >= 15 is 0 Å². The van der Waals surface area contributed by atoms with Crippen molar-refractivity contribution in [3.8, 4) is 0 Å². The normalized spacial score (nSPS) is 24.6. The summed E-state index contributed by atoms with van der Waals surface area (Å²) in [6.45, 7) is 4.25. The Labute approximate surface area is 174 Å². The van der Waals surface area contributed by atoms with E-state index in [4.69, 9.17) is 5.73 Å². The van der Waals surface area contributed by atoms with E-state index in [0.29, 0.717) is 24.5 Å². The number of aromatic nitrogens is 2. The fourth-order valence-electron chi connectivity index (χ4n) is 3.53. The van der Waals surface area contributed by atoms with E-state index < -0.39 is 18.1 Å². The summed E-state index contributed by atoms with van der Waals surface area (Å²) in [5, 5.41) is 5.56. The van der Waals surface area contributed by atoms with Gasteiger partial charge in [0.2, 0.25) is 0 Å². The van der Waals surface area contributed by atoms with Gasteiger partial charge >= 0.3 is 0 Å². The molecule has 30 heavy (non-hydrogen) atoms. The molecule has 0 spiro atoms. The molecule has 1 aromatic heterocycles. The van der Waals surface area contributed by atoms with Gasteiger partial charge in [-0.1, -0.05) is 6.92 Å². The molecule has 0 aliphatic carbocycles. The predicted molar refractivity (Wildman–Crippen MR) is 111 cm³/mol. The number of halogens is 2.